The van der Waals surface area contributed by atoms with Crippen molar-refractivity contribution >= 4 is 17.5 Å². The second kappa shape index (κ2) is 6.33. The topological polar surface area (TPSA) is 84.8 Å². The van der Waals surface area contributed by atoms with Crippen LogP contribution < -0.4 is 11.1 Å². The van der Waals surface area contributed by atoms with E-state index in [0.717, 1.165) is 0 Å². The minimum atomic E-state index is -0.819. The molecule has 7 heteroatoms. The summed E-state index contributed by atoms with van der Waals surface area (Å²) in [6.45, 7) is 0. The Morgan fingerprint density at radius 2 is 2.00 bits per heavy atom. The summed E-state index contributed by atoms with van der Waals surface area (Å²) in [7, 11) is 1.59. The molecule has 0 unspecified atom stereocenters. The third kappa shape index (κ3) is 3.45. The second-order valence-corrected chi connectivity index (χ2v) is 5.15. The Bertz CT molecular complexity index is 722. The van der Waals surface area contributed by atoms with Gasteiger partial charge in [0, 0.05) is 24.8 Å². The SMILES string of the molecule is Cn1[nH]c(=O)c(=O)nc1SCCC(=O)c1ccccc1. The van der Waals surface area contributed by atoms with Crippen molar-refractivity contribution in [2.75, 3.05) is 5.75 Å². The minimum absolute atomic E-state index is 0.0347. The first-order valence-corrected chi connectivity index (χ1v) is 6.95. The summed E-state index contributed by atoms with van der Waals surface area (Å²) in [5.74, 6) is 0.521. The normalized spacial score (nSPS) is 10.4. The first kappa shape index (κ1) is 14.3. The predicted octanol–water partition coefficient (Wildman–Crippen LogP) is 0.834. The molecule has 0 fully saturated rings. The molecule has 1 aromatic carbocycles. The third-order valence-corrected chi connectivity index (χ3v) is 3.64. The number of H-pyrrole nitrogens is 1. The molecular formula is C13H13N3O3S. The fraction of sp³-hybridized carbons (Fsp3) is 0.231. The van der Waals surface area contributed by atoms with E-state index in [-0.39, 0.29) is 5.78 Å². The van der Waals surface area contributed by atoms with Crippen LogP contribution in [0.5, 0.6) is 0 Å². The number of ketones is 1. The standard InChI is InChI=1S/C13H13N3O3S/c1-16-13(14-11(18)12(19)15-16)20-8-7-10(17)9-5-3-2-4-6-9/h2-6H,7-8H2,1H3,(H,15,19). The van der Waals surface area contributed by atoms with E-state index in [1.807, 2.05) is 18.2 Å². The van der Waals surface area contributed by atoms with Gasteiger partial charge >= 0.3 is 11.1 Å². The van der Waals surface area contributed by atoms with Crippen LogP contribution in [-0.4, -0.2) is 26.3 Å². The van der Waals surface area contributed by atoms with Gasteiger partial charge in [-0.25, -0.2) is 0 Å². The average Bonchev–Trinajstić information content (AvgIpc) is 2.45. The van der Waals surface area contributed by atoms with Gasteiger partial charge in [-0.15, -0.1) is 0 Å². The van der Waals surface area contributed by atoms with Crippen LogP contribution >= 0.6 is 11.8 Å². The number of aromatic nitrogens is 3. The highest BCUT2D eigenvalue weighted by atomic mass is 32.2. The number of hydrogen-bond acceptors (Lipinski definition) is 5. The van der Waals surface area contributed by atoms with Crippen molar-refractivity contribution < 1.29 is 4.79 Å². The summed E-state index contributed by atoms with van der Waals surface area (Å²) in [6.07, 6.45) is 0.337. The number of rotatable bonds is 5. The zero-order valence-corrected chi connectivity index (χ0v) is 11.6. The van der Waals surface area contributed by atoms with Crippen molar-refractivity contribution in [3.8, 4) is 0 Å². The van der Waals surface area contributed by atoms with E-state index in [1.54, 1.807) is 19.2 Å². The lowest BCUT2D eigenvalue weighted by molar-refractivity contribution is 0.0989. The largest absolute Gasteiger partial charge is 0.339 e. The van der Waals surface area contributed by atoms with Crippen LogP contribution in [0.2, 0.25) is 0 Å². The maximum Gasteiger partial charge on any atom is 0.339 e. The van der Waals surface area contributed by atoms with Crippen LogP contribution in [-0.2, 0) is 7.05 Å². The Balaban J connectivity index is 1.97. The van der Waals surface area contributed by atoms with Gasteiger partial charge in [-0.1, -0.05) is 42.1 Å². The van der Waals surface area contributed by atoms with Gasteiger partial charge in [-0.3, -0.25) is 24.2 Å². The summed E-state index contributed by atoms with van der Waals surface area (Å²) in [4.78, 5) is 37.7. The lowest BCUT2D eigenvalue weighted by Crippen LogP contribution is -2.33. The number of hydrogen-bond donors (Lipinski definition) is 1. The van der Waals surface area contributed by atoms with Crippen LogP contribution in [0.1, 0.15) is 16.8 Å². The monoisotopic (exact) mass is 291 g/mol. The molecule has 0 bridgehead atoms. The van der Waals surface area contributed by atoms with Gasteiger partial charge in [-0.2, -0.15) is 4.98 Å². The number of carbonyl (C=O) groups excluding carboxylic acids is 1. The molecule has 0 aliphatic heterocycles. The smallest absolute Gasteiger partial charge is 0.294 e. The van der Waals surface area contributed by atoms with Gasteiger partial charge in [0.15, 0.2) is 10.9 Å². The van der Waals surface area contributed by atoms with E-state index >= 15 is 0 Å². The Kier molecular flexibility index (Phi) is 4.52. The molecule has 1 aromatic heterocycles. The Hall–Kier alpha value is -2.15. The number of carbonyl (C=O) groups is 1. The van der Waals surface area contributed by atoms with Crippen LogP contribution in [0.25, 0.3) is 0 Å². The van der Waals surface area contributed by atoms with Gasteiger partial charge in [-0.05, 0) is 0 Å². The fourth-order valence-electron chi connectivity index (χ4n) is 1.59. The number of aryl methyl sites for hydroxylation is 1. The first-order chi connectivity index (χ1) is 9.58. The van der Waals surface area contributed by atoms with Crippen molar-refractivity contribution in [1.29, 1.82) is 0 Å². The van der Waals surface area contributed by atoms with E-state index < -0.39 is 11.1 Å². The lowest BCUT2D eigenvalue weighted by Gasteiger charge is -2.05. The van der Waals surface area contributed by atoms with Crippen LogP contribution in [0.15, 0.2) is 45.1 Å². The van der Waals surface area contributed by atoms with Gasteiger partial charge < -0.3 is 0 Å². The molecular weight excluding hydrogens is 278 g/mol. The van der Waals surface area contributed by atoms with Crippen molar-refractivity contribution in [3.05, 3.63) is 56.6 Å². The molecule has 0 saturated carbocycles. The molecule has 0 saturated heterocycles. The summed E-state index contributed by atoms with van der Waals surface area (Å²) in [5.41, 5.74) is -0.909. The molecule has 6 nitrogen and oxygen atoms in total. The Morgan fingerprint density at radius 1 is 1.30 bits per heavy atom. The quantitative estimate of drug-likeness (QED) is 0.501. The summed E-state index contributed by atoms with van der Waals surface area (Å²) < 4.78 is 1.38. The molecule has 20 heavy (non-hydrogen) atoms. The molecule has 0 atom stereocenters. The average molecular weight is 291 g/mol. The van der Waals surface area contributed by atoms with Crippen molar-refractivity contribution in [2.24, 2.45) is 7.05 Å². The number of aromatic amines is 1. The van der Waals surface area contributed by atoms with Crippen molar-refractivity contribution in [3.63, 3.8) is 0 Å². The van der Waals surface area contributed by atoms with E-state index in [0.29, 0.717) is 22.9 Å². The molecule has 1 heterocycles. The summed E-state index contributed by atoms with van der Waals surface area (Å²) in [5, 5.41) is 2.74. The molecule has 0 aliphatic rings. The maximum atomic E-state index is 11.9. The van der Waals surface area contributed by atoms with Gasteiger partial charge in [0.05, 0.1) is 0 Å². The molecule has 2 aromatic rings. The summed E-state index contributed by atoms with van der Waals surface area (Å²) >= 11 is 1.25. The summed E-state index contributed by atoms with van der Waals surface area (Å²) in [6, 6.07) is 9.01. The zero-order chi connectivity index (χ0) is 14.5. The van der Waals surface area contributed by atoms with Crippen molar-refractivity contribution in [1.82, 2.24) is 14.8 Å². The lowest BCUT2D eigenvalue weighted by atomic mass is 10.1. The van der Waals surface area contributed by atoms with E-state index in [9.17, 15) is 14.4 Å². The number of Topliss-reactive ketones (excluding diaryl/α,β-unsaturated/α-hetero) is 1. The fourth-order valence-corrected chi connectivity index (χ4v) is 2.45. The molecule has 1 N–H and O–H groups in total. The molecule has 2 rings (SSSR count). The van der Waals surface area contributed by atoms with E-state index in [4.69, 9.17) is 0 Å². The highest BCUT2D eigenvalue weighted by Crippen LogP contribution is 2.14. The number of thioether (sulfide) groups is 1. The first-order valence-electron chi connectivity index (χ1n) is 5.96. The highest BCUT2D eigenvalue weighted by molar-refractivity contribution is 7.99. The van der Waals surface area contributed by atoms with Crippen LogP contribution in [0.3, 0.4) is 0 Å². The van der Waals surface area contributed by atoms with E-state index in [1.165, 1.54) is 16.4 Å². The third-order valence-electron chi connectivity index (χ3n) is 2.60. The molecule has 0 spiro atoms. The zero-order valence-electron chi connectivity index (χ0n) is 10.8. The second-order valence-electron chi connectivity index (χ2n) is 4.09. The predicted molar refractivity (Wildman–Crippen MR) is 76.2 cm³/mol. The van der Waals surface area contributed by atoms with Crippen molar-refractivity contribution in [2.45, 2.75) is 11.6 Å². The molecule has 104 valence electrons. The Labute approximate surface area is 118 Å². The Morgan fingerprint density at radius 3 is 2.70 bits per heavy atom. The van der Waals surface area contributed by atoms with Gasteiger partial charge in [0.1, 0.15) is 0 Å². The van der Waals surface area contributed by atoms with Crippen LogP contribution in [0, 0.1) is 0 Å². The van der Waals surface area contributed by atoms with Crippen LogP contribution in [0.4, 0.5) is 0 Å². The molecule has 0 aliphatic carbocycles. The maximum absolute atomic E-state index is 11.9. The molecule has 0 radical (unpaired) electrons. The van der Waals surface area contributed by atoms with Gasteiger partial charge in [0.25, 0.3) is 0 Å². The highest BCUT2D eigenvalue weighted by Gasteiger charge is 2.08. The molecule has 0 amide bonds. The van der Waals surface area contributed by atoms with E-state index in [2.05, 4.69) is 10.1 Å². The number of benzene rings is 1. The number of nitrogens with one attached hydrogen (secondary N) is 1. The minimum Gasteiger partial charge on any atom is -0.294 e. The van der Waals surface area contributed by atoms with Gasteiger partial charge in [0.2, 0.25) is 0 Å². The number of nitrogens with zero attached hydrogens (tertiary/aromatic N) is 2.